The highest BCUT2D eigenvalue weighted by Gasteiger charge is 2.14. The van der Waals surface area contributed by atoms with E-state index >= 15 is 0 Å². The zero-order chi connectivity index (χ0) is 13.1. The van der Waals surface area contributed by atoms with Gasteiger partial charge in [-0.2, -0.15) is 5.10 Å². The fourth-order valence-corrected chi connectivity index (χ4v) is 1.56. The van der Waals surface area contributed by atoms with Gasteiger partial charge < -0.3 is 5.32 Å². The molecule has 2 heterocycles. The number of aryl methyl sites for hydroxylation is 2. The highest BCUT2D eigenvalue weighted by atomic mass is 16.6. The molecule has 0 bridgehead atoms. The Morgan fingerprint density at radius 3 is 2.83 bits per heavy atom. The molecule has 0 saturated heterocycles. The molecular formula is C11H13N5O2. The molecule has 0 fully saturated rings. The Kier molecular flexibility index (Phi) is 3.22. The third kappa shape index (κ3) is 2.62. The first-order valence-corrected chi connectivity index (χ1v) is 5.40. The average molecular weight is 247 g/mol. The summed E-state index contributed by atoms with van der Waals surface area (Å²) in [5, 5.41) is 18.0. The Bertz CT molecular complexity index is 579. The van der Waals surface area contributed by atoms with Crippen LogP contribution in [0.5, 0.6) is 0 Å². The van der Waals surface area contributed by atoms with E-state index < -0.39 is 4.92 Å². The first kappa shape index (κ1) is 12.0. The van der Waals surface area contributed by atoms with Crippen molar-refractivity contribution in [2.45, 2.75) is 13.5 Å². The molecule has 7 nitrogen and oxygen atoms in total. The van der Waals surface area contributed by atoms with E-state index in [2.05, 4.69) is 15.4 Å². The Morgan fingerprint density at radius 1 is 1.44 bits per heavy atom. The highest BCUT2D eigenvalue weighted by molar-refractivity contribution is 5.56. The van der Waals surface area contributed by atoms with Crippen molar-refractivity contribution in [3.8, 4) is 0 Å². The van der Waals surface area contributed by atoms with Crippen LogP contribution in [0.4, 0.5) is 11.5 Å². The molecule has 94 valence electrons. The fourth-order valence-electron chi connectivity index (χ4n) is 1.56. The molecule has 0 atom stereocenters. The molecule has 0 saturated carbocycles. The SMILES string of the molecule is Cc1ccc([N+](=O)[O-])c(NCc2ccn(C)n2)n1. The van der Waals surface area contributed by atoms with Crippen molar-refractivity contribution in [2.24, 2.45) is 7.05 Å². The van der Waals surface area contributed by atoms with Gasteiger partial charge in [0.05, 0.1) is 17.2 Å². The maximum atomic E-state index is 10.9. The second kappa shape index (κ2) is 4.82. The molecule has 0 spiro atoms. The maximum Gasteiger partial charge on any atom is 0.311 e. The molecule has 2 aromatic heterocycles. The molecule has 0 aromatic carbocycles. The molecule has 18 heavy (non-hydrogen) atoms. The summed E-state index contributed by atoms with van der Waals surface area (Å²) in [6, 6.07) is 4.90. The molecule has 0 amide bonds. The average Bonchev–Trinajstić information content (AvgIpc) is 2.72. The molecule has 0 radical (unpaired) electrons. The van der Waals surface area contributed by atoms with Gasteiger partial charge in [-0.1, -0.05) is 0 Å². The lowest BCUT2D eigenvalue weighted by atomic mass is 10.3. The highest BCUT2D eigenvalue weighted by Crippen LogP contribution is 2.22. The van der Waals surface area contributed by atoms with Crippen molar-refractivity contribution in [2.75, 3.05) is 5.32 Å². The van der Waals surface area contributed by atoms with Gasteiger partial charge in [0.25, 0.3) is 0 Å². The summed E-state index contributed by atoms with van der Waals surface area (Å²) in [5.41, 5.74) is 1.50. The molecule has 0 aliphatic heterocycles. The van der Waals surface area contributed by atoms with Gasteiger partial charge in [0.2, 0.25) is 5.82 Å². The van der Waals surface area contributed by atoms with Gasteiger partial charge in [-0.15, -0.1) is 0 Å². The van der Waals surface area contributed by atoms with Crippen LogP contribution in [0.3, 0.4) is 0 Å². The summed E-state index contributed by atoms with van der Waals surface area (Å²) in [6.07, 6.45) is 1.81. The van der Waals surface area contributed by atoms with Gasteiger partial charge in [0.1, 0.15) is 0 Å². The van der Waals surface area contributed by atoms with Crippen molar-refractivity contribution in [1.29, 1.82) is 0 Å². The lowest BCUT2D eigenvalue weighted by molar-refractivity contribution is -0.384. The summed E-state index contributed by atoms with van der Waals surface area (Å²) in [5.74, 6) is 0.269. The van der Waals surface area contributed by atoms with Crippen LogP contribution in [-0.4, -0.2) is 19.7 Å². The maximum absolute atomic E-state index is 10.9. The van der Waals surface area contributed by atoms with Crippen LogP contribution in [0.15, 0.2) is 24.4 Å². The minimum atomic E-state index is -0.451. The van der Waals surface area contributed by atoms with Gasteiger partial charge in [0, 0.05) is 25.0 Å². The van der Waals surface area contributed by atoms with E-state index in [1.807, 2.05) is 19.3 Å². The summed E-state index contributed by atoms with van der Waals surface area (Å²) >= 11 is 0. The number of hydrogen-bond acceptors (Lipinski definition) is 5. The minimum Gasteiger partial charge on any atom is -0.359 e. The van der Waals surface area contributed by atoms with Crippen molar-refractivity contribution >= 4 is 11.5 Å². The van der Waals surface area contributed by atoms with Gasteiger partial charge in [-0.05, 0) is 19.1 Å². The van der Waals surface area contributed by atoms with E-state index in [0.717, 1.165) is 11.4 Å². The van der Waals surface area contributed by atoms with Crippen LogP contribution in [0.25, 0.3) is 0 Å². The zero-order valence-corrected chi connectivity index (χ0v) is 10.1. The van der Waals surface area contributed by atoms with Gasteiger partial charge in [0.15, 0.2) is 0 Å². The van der Waals surface area contributed by atoms with Crippen molar-refractivity contribution in [3.63, 3.8) is 0 Å². The van der Waals surface area contributed by atoms with Crippen molar-refractivity contribution in [1.82, 2.24) is 14.8 Å². The normalized spacial score (nSPS) is 10.3. The lowest BCUT2D eigenvalue weighted by Crippen LogP contribution is -2.06. The fraction of sp³-hybridized carbons (Fsp3) is 0.273. The Hall–Kier alpha value is -2.44. The number of hydrogen-bond donors (Lipinski definition) is 1. The molecule has 7 heteroatoms. The quantitative estimate of drug-likeness (QED) is 0.655. The number of nitrogens with zero attached hydrogens (tertiary/aromatic N) is 4. The number of nitro groups is 1. The summed E-state index contributed by atoms with van der Waals surface area (Å²) < 4.78 is 1.68. The number of nitrogens with one attached hydrogen (secondary N) is 1. The van der Waals surface area contributed by atoms with Crippen LogP contribution in [0.2, 0.25) is 0 Å². The first-order chi connectivity index (χ1) is 8.56. The largest absolute Gasteiger partial charge is 0.359 e. The lowest BCUT2D eigenvalue weighted by Gasteiger charge is -2.05. The molecule has 2 aromatic rings. The third-order valence-corrected chi connectivity index (χ3v) is 2.42. The van der Waals surface area contributed by atoms with E-state index in [9.17, 15) is 10.1 Å². The molecule has 0 aliphatic carbocycles. The van der Waals surface area contributed by atoms with Crippen LogP contribution in [-0.2, 0) is 13.6 Å². The Labute approximate surface area is 104 Å². The van der Waals surface area contributed by atoms with E-state index in [1.54, 1.807) is 17.7 Å². The van der Waals surface area contributed by atoms with Crippen molar-refractivity contribution < 1.29 is 4.92 Å². The number of pyridine rings is 1. The van der Waals surface area contributed by atoms with Crippen LogP contribution < -0.4 is 5.32 Å². The number of rotatable bonds is 4. The number of aromatic nitrogens is 3. The predicted octanol–water partition coefficient (Wildman–Crippen LogP) is 1.64. The molecule has 2 rings (SSSR count). The Morgan fingerprint density at radius 2 is 2.22 bits per heavy atom. The molecule has 0 unspecified atom stereocenters. The van der Waals surface area contributed by atoms with Gasteiger partial charge >= 0.3 is 5.69 Å². The summed E-state index contributed by atoms with van der Waals surface area (Å²) in [7, 11) is 1.82. The first-order valence-electron chi connectivity index (χ1n) is 5.40. The second-order valence-corrected chi connectivity index (χ2v) is 3.91. The zero-order valence-electron chi connectivity index (χ0n) is 10.1. The Balaban J connectivity index is 2.17. The summed E-state index contributed by atoms with van der Waals surface area (Å²) in [4.78, 5) is 14.5. The third-order valence-electron chi connectivity index (χ3n) is 2.42. The van der Waals surface area contributed by atoms with E-state index in [0.29, 0.717) is 6.54 Å². The number of anilines is 1. The minimum absolute atomic E-state index is 0.0310. The van der Waals surface area contributed by atoms with E-state index in [1.165, 1.54) is 6.07 Å². The standard InChI is InChI=1S/C11H13N5O2/c1-8-3-4-10(16(17)18)11(13-8)12-7-9-5-6-15(2)14-9/h3-6H,7H2,1-2H3,(H,12,13). The smallest absolute Gasteiger partial charge is 0.311 e. The van der Waals surface area contributed by atoms with Crippen molar-refractivity contribution in [3.05, 3.63) is 45.9 Å². The van der Waals surface area contributed by atoms with E-state index in [-0.39, 0.29) is 11.5 Å². The molecule has 1 N–H and O–H groups in total. The van der Waals surface area contributed by atoms with Crippen LogP contribution in [0, 0.1) is 17.0 Å². The van der Waals surface area contributed by atoms with Crippen LogP contribution >= 0.6 is 0 Å². The van der Waals surface area contributed by atoms with E-state index in [4.69, 9.17) is 0 Å². The molecular weight excluding hydrogens is 234 g/mol. The predicted molar refractivity (Wildman–Crippen MR) is 66.2 cm³/mol. The van der Waals surface area contributed by atoms with Gasteiger partial charge in [-0.3, -0.25) is 14.8 Å². The second-order valence-electron chi connectivity index (χ2n) is 3.91. The topological polar surface area (TPSA) is 85.9 Å². The van der Waals surface area contributed by atoms with Crippen LogP contribution in [0.1, 0.15) is 11.4 Å². The summed E-state index contributed by atoms with van der Waals surface area (Å²) in [6.45, 7) is 2.19. The monoisotopic (exact) mass is 247 g/mol. The van der Waals surface area contributed by atoms with Gasteiger partial charge in [-0.25, -0.2) is 4.98 Å². The molecule has 0 aliphatic rings.